The fraction of sp³-hybridized carbons (Fsp3) is 0.571. The SMILES string of the molecule is Cc1ccc2c(c1C)CCN2C(C)(C)C. The fourth-order valence-corrected chi connectivity index (χ4v) is 2.47. The van der Waals surface area contributed by atoms with E-state index >= 15 is 0 Å². The van der Waals surface area contributed by atoms with Crippen LogP contribution in [0.15, 0.2) is 12.1 Å². The van der Waals surface area contributed by atoms with Gasteiger partial charge < -0.3 is 4.90 Å². The van der Waals surface area contributed by atoms with Crippen LogP contribution >= 0.6 is 0 Å². The molecule has 0 saturated heterocycles. The molecule has 0 aromatic heterocycles. The first kappa shape index (κ1) is 10.5. The quantitative estimate of drug-likeness (QED) is 0.624. The average molecular weight is 203 g/mol. The van der Waals surface area contributed by atoms with Crippen LogP contribution in [0.4, 0.5) is 5.69 Å². The van der Waals surface area contributed by atoms with E-state index in [4.69, 9.17) is 0 Å². The number of nitrogens with zero attached hydrogens (tertiary/aromatic N) is 1. The molecule has 1 aliphatic rings. The van der Waals surface area contributed by atoms with E-state index in [2.05, 4.69) is 51.7 Å². The van der Waals surface area contributed by atoms with E-state index in [-0.39, 0.29) is 5.54 Å². The maximum Gasteiger partial charge on any atom is 0.0406 e. The van der Waals surface area contributed by atoms with Crippen molar-refractivity contribution in [3.63, 3.8) is 0 Å². The summed E-state index contributed by atoms with van der Waals surface area (Å²) in [5, 5.41) is 0. The summed E-state index contributed by atoms with van der Waals surface area (Å²) in [7, 11) is 0. The van der Waals surface area contributed by atoms with Crippen LogP contribution in [0.3, 0.4) is 0 Å². The molecule has 0 radical (unpaired) electrons. The monoisotopic (exact) mass is 203 g/mol. The minimum Gasteiger partial charge on any atom is -0.366 e. The second-order valence-electron chi connectivity index (χ2n) is 5.58. The van der Waals surface area contributed by atoms with Crippen molar-refractivity contribution < 1.29 is 0 Å². The molecule has 1 aliphatic heterocycles. The minimum absolute atomic E-state index is 0.243. The zero-order valence-corrected chi connectivity index (χ0v) is 10.5. The highest BCUT2D eigenvalue weighted by Crippen LogP contribution is 2.36. The Morgan fingerprint density at radius 1 is 1.13 bits per heavy atom. The Hall–Kier alpha value is -0.980. The van der Waals surface area contributed by atoms with Crippen LogP contribution in [0.25, 0.3) is 0 Å². The van der Waals surface area contributed by atoms with Gasteiger partial charge in [-0.15, -0.1) is 0 Å². The first-order valence-corrected chi connectivity index (χ1v) is 5.78. The molecule has 0 saturated carbocycles. The number of benzene rings is 1. The van der Waals surface area contributed by atoms with Crippen LogP contribution in [0.2, 0.25) is 0 Å². The van der Waals surface area contributed by atoms with Crippen molar-refractivity contribution in [3.05, 3.63) is 28.8 Å². The Labute approximate surface area is 93.1 Å². The lowest BCUT2D eigenvalue weighted by Gasteiger charge is -2.34. The summed E-state index contributed by atoms with van der Waals surface area (Å²) in [6.07, 6.45) is 1.21. The molecule has 2 rings (SSSR count). The van der Waals surface area contributed by atoms with Gasteiger partial charge in [0.2, 0.25) is 0 Å². The molecule has 1 aromatic rings. The molecule has 0 atom stereocenters. The second-order valence-corrected chi connectivity index (χ2v) is 5.58. The summed E-state index contributed by atoms with van der Waals surface area (Å²) in [6, 6.07) is 4.54. The van der Waals surface area contributed by atoms with Crippen molar-refractivity contribution in [2.75, 3.05) is 11.4 Å². The average Bonchev–Trinajstić information content (AvgIpc) is 2.54. The minimum atomic E-state index is 0.243. The van der Waals surface area contributed by atoms with Crippen LogP contribution in [-0.4, -0.2) is 12.1 Å². The highest BCUT2D eigenvalue weighted by atomic mass is 15.2. The van der Waals surface area contributed by atoms with Gasteiger partial charge in [0.1, 0.15) is 0 Å². The summed E-state index contributed by atoms with van der Waals surface area (Å²) in [4.78, 5) is 2.52. The van der Waals surface area contributed by atoms with E-state index in [1.807, 2.05) is 0 Å². The molecule has 0 aliphatic carbocycles. The Morgan fingerprint density at radius 3 is 2.40 bits per heavy atom. The molecule has 15 heavy (non-hydrogen) atoms. The van der Waals surface area contributed by atoms with Crippen LogP contribution < -0.4 is 4.90 Å². The van der Waals surface area contributed by atoms with Gasteiger partial charge in [-0.05, 0) is 63.8 Å². The zero-order chi connectivity index (χ0) is 11.2. The standard InChI is InChI=1S/C14H21N/c1-10-6-7-13-12(11(10)2)8-9-15(13)14(3,4)5/h6-7H,8-9H2,1-5H3. The first-order chi connectivity index (χ1) is 6.91. The summed E-state index contributed by atoms with van der Waals surface area (Å²) < 4.78 is 0. The van der Waals surface area contributed by atoms with Crippen molar-refractivity contribution in [3.8, 4) is 0 Å². The van der Waals surface area contributed by atoms with Crippen LogP contribution in [0.5, 0.6) is 0 Å². The molecular weight excluding hydrogens is 182 g/mol. The lowest BCUT2D eigenvalue weighted by Crippen LogP contribution is -2.40. The summed E-state index contributed by atoms with van der Waals surface area (Å²) in [5.41, 5.74) is 6.16. The molecule has 0 spiro atoms. The largest absolute Gasteiger partial charge is 0.366 e. The van der Waals surface area contributed by atoms with Crippen molar-refractivity contribution in [2.45, 2.75) is 46.6 Å². The number of aryl methyl sites for hydroxylation is 1. The number of rotatable bonds is 0. The predicted octanol–water partition coefficient (Wildman–Crippen LogP) is 3.46. The van der Waals surface area contributed by atoms with E-state index in [1.54, 1.807) is 5.56 Å². The third-order valence-corrected chi connectivity index (χ3v) is 3.53. The van der Waals surface area contributed by atoms with E-state index in [1.165, 1.54) is 29.8 Å². The number of hydrogen-bond donors (Lipinski definition) is 0. The third-order valence-electron chi connectivity index (χ3n) is 3.53. The topological polar surface area (TPSA) is 3.24 Å². The molecule has 0 N–H and O–H groups in total. The van der Waals surface area contributed by atoms with Gasteiger partial charge in [0.25, 0.3) is 0 Å². The van der Waals surface area contributed by atoms with Crippen molar-refractivity contribution in [1.82, 2.24) is 0 Å². The summed E-state index contributed by atoms with van der Waals surface area (Å²) in [6.45, 7) is 12.5. The van der Waals surface area contributed by atoms with Gasteiger partial charge >= 0.3 is 0 Å². The Kier molecular flexibility index (Phi) is 2.29. The fourth-order valence-electron chi connectivity index (χ4n) is 2.47. The maximum absolute atomic E-state index is 2.52. The molecule has 1 heteroatoms. The molecule has 0 fully saturated rings. The molecule has 0 unspecified atom stereocenters. The van der Waals surface area contributed by atoms with Gasteiger partial charge in [0.15, 0.2) is 0 Å². The summed E-state index contributed by atoms with van der Waals surface area (Å²) in [5.74, 6) is 0. The van der Waals surface area contributed by atoms with Crippen LogP contribution in [0.1, 0.15) is 37.5 Å². The molecular formula is C14H21N. The Balaban J connectivity index is 2.49. The molecule has 1 heterocycles. The maximum atomic E-state index is 2.52. The smallest absolute Gasteiger partial charge is 0.0406 e. The highest BCUT2D eigenvalue weighted by Gasteiger charge is 2.29. The van der Waals surface area contributed by atoms with Crippen LogP contribution in [-0.2, 0) is 6.42 Å². The molecule has 1 nitrogen and oxygen atoms in total. The number of anilines is 1. The van der Waals surface area contributed by atoms with Gasteiger partial charge in [0.05, 0.1) is 0 Å². The van der Waals surface area contributed by atoms with E-state index in [0.717, 1.165) is 0 Å². The van der Waals surface area contributed by atoms with Crippen molar-refractivity contribution in [1.29, 1.82) is 0 Å². The lowest BCUT2D eigenvalue weighted by atomic mass is 10.0. The van der Waals surface area contributed by atoms with E-state index < -0.39 is 0 Å². The van der Waals surface area contributed by atoms with Gasteiger partial charge in [-0.1, -0.05) is 6.07 Å². The molecule has 0 amide bonds. The number of fused-ring (bicyclic) bond motifs is 1. The van der Waals surface area contributed by atoms with Crippen LogP contribution in [0, 0.1) is 13.8 Å². The highest BCUT2D eigenvalue weighted by molar-refractivity contribution is 5.63. The molecule has 0 bridgehead atoms. The zero-order valence-electron chi connectivity index (χ0n) is 10.5. The van der Waals surface area contributed by atoms with E-state index in [0.29, 0.717) is 0 Å². The van der Waals surface area contributed by atoms with Gasteiger partial charge in [0, 0.05) is 17.8 Å². The van der Waals surface area contributed by atoms with Crippen molar-refractivity contribution >= 4 is 5.69 Å². The number of hydrogen-bond acceptors (Lipinski definition) is 1. The first-order valence-electron chi connectivity index (χ1n) is 5.78. The van der Waals surface area contributed by atoms with E-state index in [9.17, 15) is 0 Å². The predicted molar refractivity (Wildman–Crippen MR) is 66.7 cm³/mol. The molecule has 82 valence electrons. The lowest BCUT2D eigenvalue weighted by molar-refractivity contribution is 0.518. The Bertz CT molecular complexity index is 385. The van der Waals surface area contributed by atoms with Gasteiger partial charge in [-0.2, -0.15) is 0 Å². The Morgan fingerprint density at radius 2 is 1.80 bits per heavy atom. The molecule has 1 aromatic carbocycles. The van der Waals surface area contributed by atoms with Crippen molar-refractivity contribution in [2.24, 2.45) is 0 Å². The third kappa shape index (κ3) is 1.64. The second kappa shape index (κ2) is 3.26. The summed E-state index contributed by atoms with van der Waals surface area (Å²) >= 11 is 0. The normalized spacial score (nSPS) is 15.7. The van der Waals surface area contributed by atoms with Gasteiger partial charge in [-0.25, -0.2) is 0 Å². The van der Waals surface area contributed by atoms with Gasteiger partial charge in [-0.3, -0.25) is 0 Å².